The highest BCUT2D eigenvalue weighted by Crippen LogP contribution is 2.35. The van der Waals surface area contributed by atoms with Crippen molar-refractivity contribution in [2.24, 2.45) is 5.73 Å². The summed E-state index contributed by atoms with van der Waals surface area (Å²) in [5.74, 6) is 0.245. The molecule has 0 saturated heterocycles. The Morgan fingerprint density at radius 3 is 2.17 bits per heavy atom. The van der Waals surface area contributed by atoms with Crippen LogP contribution in [0.3, 0.4) is 0 Å². The van der Waals surface area contributed by atoms with Crippen molar-refractivity contribution in [3.05, 3.63) is 0 Å². The first-order chi connectivity index (χ1) is 8.52. The van der Waals surface area contributed by atoms with Crippen LogP contribution in [-0.2, 0) is 10.0 Å². The molecule has 1 saturated carbocycles. The molecular weight excluding hydrogens is 248 g/mol. The van der Waals surface area contributed by atoms with E-state index in [1.165, 1.54) is 6.42 Å². The molecule has 0 aliphatic heterocycles. The molecule has 18 heavy (non-hydrogen) atoms. The van der Waals surface area contributed by atoms with Gasteiger partial charge in [-0.2, -0.15) is 4.31 Å². The lowest BCUT2D eigenvalue weighted by molar-refractivity contribution is 0.136. The highest BCUT2D eigenvalue weighted by molar-refractivity contribution is 7.89. The number of nitrogens with two attached hydrogens (primary N) is 1. The van der Waals surface area contributed by atoms with E-state index in [0.717, 1.165) is 32.1 Å². The second-order valence-corrected chi connectivity index (χ2v) is 7.39. The minimum Gasteiger partial charge on any atom is -0.329 e. The molecule has 0 aromatic carbocycles. The lowest BCUT2D eigenvalue weighted by Crippen LogP contribution is -2.57. The van der Waals surface area contributed by atoms with Crippen molar-refractivity contribution in [1.82, 2.24) is 4.31 Å². The first-order valence-corrected chi connectivity index (χ1v) is 8.84. The highest BCUT2D eigenvalue weighted by Gasteiger charge is 2.42. The van der Waals surface area contributed by atoms with Gasteiger partial charge < -0.3 is 5.73 Å². The second-order valence-electron chi connectivity index (χ2n) is 5.38. The monoisotopic (exact) mass is 276 g/mol. The van der Waals surface area contributed by atoms with Gasteiger partial charge in [0.1, 0.15) is 0 Å². The molecule has 4 nitrogen and oxygen atoms in total. The van der Waals surface area contributed by atoms with Crippen molar-refractivity contribution in [2.45, 2.75) is 64.3 Å². The lowest BCUT2D eigenvalue weighted by atomic mass is 9.81. The van der Waals surface area contributed by atoms with Gasteiger partial charge in [-0.1, -0.05) is 33.1 Å². The topological polar surface area (TPSA) is 63.4 Å². The first-order valence-electron chi connectivity index (χ1n) is 7.23. The SMILES string of the molecule is CCCN(C1(CN)CCCCC1)S(=O)(=O)CCC. The first kappa shape index (κ1) is 15.9. The van der Waals surface area contributed by atoms with Gasteiger partial charge in [0.05, 0.1) is 5.75 Å². The number of rotatable bonds is 7. The van der Waals surface area contributed by atoms with Crippen molar-refractivity contribution in [3.63, 3.8) is 0 Å². The second kappa shape index (κ2) is 6.87. The average molecular weight is 276 g/mol. The quantitative estimate of drug-likeness (QED) is 0.774. The zero-order valence-electron chi connectivity index (χ0n) is 11.8. The van der Waals surface area contributed by atoms with Crippen LogP contribution in [0.25, 0.3) is 0 Å². The molecule has 0 unspecified atom stereocenters. The van der Waals surface area contributed by atoms with Gasteiger partial charge in [-0.15, -0.1) is 0 Å². The minimum absolute atomic E-state index is 0.245. The van der Waals surface area contributed by atoms with E-state index in [9.17, 15) is 8.42 Å². The molecule has 0 heterocycles. The zero-order valence-corrected chi connectivity index (χ0v) is 12.6. The summed E-state index contributed by atoms with van der Waals surface area (Å²) in [5, 5.41) is 0. The number of sulfonamides is 1. The van der Waals surface area contributed by atoms with E-state index in [2.05, 4.69) is 0 Å². The summed E-state index contributed by atoms with van der Waals surface area (Å²) in [6, 6.07) is 0. The highest BCUT2D eigenvalue weighted by atomic mass is 32.2. The molecule has 0 bridgehead atoms. The van der Waals surface area contributed by atoms with E-state index >= 15 is 0 Å². The third-order valence-electron chi connectivity index (χ3n) is 3.92. The van der Waals surface area contributed by atoms with E-state index < -0.39 is 10.0 Å². The van der Waals surface area contributed by atoms with Crippen LogP contribution in [0.4, 0.5) is 0 Å². The third-order valence-corrected chi connectivity index (χ3v) is 6.08. The molecule has 0 aromatic rings. The summed E-state index contributed by atoms with van der Waals surface area (Å²) in [4.78, 5) is 0. The minimum atomic E-state index is -3.15. The summed E-state index contributed by atoms with van der Waals surface area (Å²) in [6.45, 7) is 5.01. The molecule has 0 radical (unpaired) electrons. The smallest absolute Gasteiger partial charge is 0.214 e. The standard InChI is InChI=1S/C13H28N2O2S/c1-3-10-15(18(16,17)11-4-2)13(12-14)8-6-5-7-9-13/h3-12,14H2,1-2H3. The van der Waals surface area contributed by atoms with Crippen LogP contribution in [0.1, 0.15) is 58.8 Å². The maximum absolute atomic E-state index is 12.5. The van der Waals surface area contributed by atoms with Crippen LogP contribution >= 0.6 is 0 Å². The largest absolute Gasteiger partial charge is 0.329 e. The Kier molecular flexibility index (Phi) is 6.08. The molecule has 2 N–H and O–H groups in total. The van der Waals surface area contributed by atoms with Crippen molar-refractivity contribution in [2.75, 3.05) is 18.8 Å². The maximum Gasteiger partial charge on any atom is 0.214 e. The summed E-state index contributed by atoms with van der Waals surface area (Å²) < 4.78 is 26.6. The molecule has 0 aromatic heterocycles. The van der Waals surface area contributed by atoms with Crippen LogP contribution in [-0.4, -0.2) is 37.1 Å². The predicted molar refractivity (Wildman–Crippen MR) is 75.9 cm³/mol. The Morgan fingerprint density at radius 1 is 1.11 bits per heavy atom. The third kappa shape index (κ3) is 3.45. The normalized spacial score (nSPS) is 20.2. The van der Waals surface area contributed by atoms with E-state index in [1.54, 1.807) is 4.31 Å². The van der Waals surface area contributed by atoms with Gasteiger partial charge in [0, 0.05) is 18.6 Å². The predicted octanol–water partition coefficient (Wildman–Crippen LogP) is 2.10. The number of nitrogens with zero attached hydrogens (tertiary/aromatic N) is 1. The van der Waals surface area contributed by atoms with Crippen molar-refractivity contribution in [3.8, 4) is 0 Å². The molecular formula is C13H28N2O2S. The Bertz CT molecular complexity index is 335. The van der Waals surface area contributed by atoms with Crippen LogP contribution < -0.4 is 5.73 Å². The number of hydrogen-bond acceptors (Lipinski definition) is 3. The summed E-state index contributed by atoms with van der Waals surface area (Å²) in [7, 11) is -3.15. The molecule has 0 amide bonds. The molecule has 108 valence electrons. The molecule has 1 aliphatic carbocycles. The van der Waals surface area contributed by atoms with Gasteiger partial charge in [-0.25, -0.2) is 8.42 Å². The van der Waals surface area contributed by atoms with Crippen LogP contribution in [0.5, 0.6) is 0 Å². The summed E-state index contributed by atoms with van der Waals surface area (Å²) in [6.07, 6.45) is 6.76. The molecule has 0 spiro atoms. The van der Waals surface area contributed by atoms with Gasteiger partial charge in [0.2, 0.25) is 10.0 Å². The number of hydrogen-bond donors (Lipinski definition) is 1. The summed E-state index contributed by atoms with van der Waals surface area (Å²) in [5.41, 5.74) is 5.65. The van der Waals surface area contributed by atoms with E-state index in [1.807, 2.05) is 13.8 Å². The van der Waals surface area contributed by atoms with Gasteiger partial charge in [0.15, 0.2) is 0 Å². The Balaban J connectivity index is 3.01. The Labute approximate surface area is 112 Å². The molecule has 0 atom stereocenters. The van der Waals surface area contributed by atoms with Crippen molar-refractivity contribution in [1.29, 1.82) is 0 Å². The van der Waals surface area contributed by atoms with Gasteiger partial charge in [-0.3, -0.25) is 0 Å². The molecule has 1 fully saturated rings. The van der Waals surface area contributed by atoms with Crippen molar-refractivity contribution >= 4 is 10.0 Å². The van der Waals surface area contributed by atoms with E-state index in [-0.39, 0.29) is 11.3 Å². The average Bonchev–Trinajstić information content (AvgIpc) is 2.36. The Morgan fingerprint density at radius 2 is 1.72 bits per heavy atom. The van der Waals surface area contributed by atoms with E-state index in [0.29, 0.717) is 19.5 Å². The fourth-order valence-electron chi connectivity index (χ4n) is 3.01. The van der Waals surface area contributed by atoms with Crippen molar-refractivity contribution < 1.29 is 8.42 Å². The van der Waals surface area contributed by atoms with Gasteiger partial charge in [-0.05, 0) is 25.7 Å². The van der Waals surface area contributed by atoms with Gasteiger partial charge in [0.25, 0.3) is 0 Å². The lowest BCUT2D eigenvalue weighted by Gasteiger charge is -2.45. The van der Waals surface area contributed by atoms with Crippen LogP contribution in [0.2, 0.25) is 0 Å². The fourth-order valence-corrected chi connectivity index (χ4v) is 5.05. The van der Waals surface area contributed by atoms with Gasteiger partial charge >= 0.3 is 0 Å². The van der Waals surface area contributed by atoms with Crippen LogP contribution in [0.15, 0.2) is 0 Å². The fraction of sp³-hybridized carbons (Fsp3) is 1.00. The molecule has 5 heteroatoms. The molecule has 1 rings (SSSR count). The molecule has 1 aliphatic rings. The summed E-state index contributed by atoms with van der Waals surface area (Å²) >= 11 is 0. The zero-order chi connectivity index (χ0) is 13.6. The maximum atomic E-state index is 12.5. The van der Waals surface area contributed by atoms with Crippen LogP contribution in [0, 0.1) is 0 Å². The Hall–Kier alpha value is -0.130. The van der Waals surface area contributed by atoms with E-state index in [4.69, 9.17) is 5.73 Å².